The topological polar surface area (TPSA) is 58.6 Å². The molecule has 1 spiro atoms. The smallest absolute Gasteiger partial charge is 0.410 e. The van der Waals surface area contributed by atoms with E-state index in [4.69, 9.17) is 16.3 Å². The van der Waals surface area contributed by atoms with Crippen LogP contribution in [0.4, 0.5) is 10.5 Å². The summed E-state index contributed by atoms with van der Waals surface area (Å²) in [5.74, 6) is -0.0802. The molecule has 1 saturated heterocycles. The highest BCUT2D eigenvalue weighted by Gasteiger charge is 2.57. The molecule has 0 unspecified atom stereocenters. The minimum Gasteiger partial charge on any atom is -0.447 e. The molecule has 2 amide bonds. The lowest BCUT2D eigenvalue weighted by atomic mass is 9.75. The van der Waals surface area contributed by atoms with Crippen molar-refractivity contribution in [2.24, 2.45) is 0 Å². The number of nitrogens with one attached hydrogen (secondary N) is 1. The summed E-state index contributed by atoms with van der Waals surface area (Å²) in [7, 11) is 0. The summed E-state index contributed by atoms with van der Waals surface area (Å²) in [6.07, 6.45) is -0.539. The third-order valence-corrected chi connectivity index (χ3v) is 3.93. The van der Waals surface area contributed by atoms with Crippen LogP contribution in [0.25, 0.3) is 0 Å². The van der Waals surface area contributed by atoms with Gasteiger partial charge in [-0.05, 0) is 31.5 Å². The van der Waals surface area contributed by atoms with Gasteiger partial charge in [-0.1, -0.05) is 17.7 Å². The van der Waals surface area contributed by atoms with Crippen LogP contribution in [-0.4, -0.2) is 36.1 Å². The molecule has 5 nitrogen and oxygen atoms in total. The summed E-state index contributed by atoms with van der Waals surface area (Å²) < 4.78 is 5.13. The summed E-state index contributed by atoms with van der Waals surface area (Å²) >= 11 is 5.93. The van der Waals surface area contributed by atoms with Crippen LogP contribution in [0.5, 0.6) is 0 Å². The van der Waals surface area contributed by atoms with Crippen molar-refractivity contribution in [3.63, 3.8) is 0 Å². The van der Waals surface area contributed by atoms with E-state index in [9.17, 15) is 9.59 Å². The summed E-state index contributed by atoms with van der Waals surface area (Å²) in [4.78, 5) is 25.5. The van der Waals surface area contributed by atoms with Crippen LogP contribution < -0.4 is 5.32 Å². The van der Waals surface area contributed by atoms with E-state index in [0.29, 0.717) is 18.1 Å². The van der Waals surface area contributed by atoms with Gasteiger partial charge in [-0.25, -0.2) is 4.79 Å². The lowest BCUT2D eigenvalue weighted by Gasteiger charge is -2.45. The lowest BCUT2D eigenvalue weighted by molar-refractivity contribution is -0.126. The van der Waals surface area contributed by atoms with Crippen molar-refractivity contribution in [1.82, 2.24) is 4.90 Å². The van der Waals surface area contributed by atoms with Crippen molar-refractivity contribution in [3.8, 4) is 0 Å². The molecule has 1 aromatic rings. The summed E-state index contributed by atoms with van der Waals surface area (Å²) in [6, 6.07) is 5.34. The molecule has 2 heterocycles. The summed E-state index contributed by atoms with van der Waals surface area (Å²) in [5.41, 5.74) is 0.996. The SMILES string of the molecule is CC(C)OC(=O)N1CC2(C1)C(=O)Nc1cc(Cl)ccc12. The van der Waals surface area contributed by atoms with Gasteiger partial charge in [-0.3, -0.25) is 4.79 Å². The van der Waals surface area contributed by atoms with Gasteiger partial charge >= 0.3 is 6.09 Å². The number of amides is 2. The molecule has 2 aliphatic rings. The molecule has 3 rings (SSSR count). The molecule has 0 radical (unpaired) electrons. The zero-order valence-electron chi connectivity index (χ0n) is 11.3. The molecule has 0 aliphatic carbocycles. The zero-order chi connectivity index (χ0) is 14.5. The maximum absolute atomic E-state index is 12.2. The highest BCUT2D eigenvalue weighted by atomic mass is 35.5. The Morgan fingerprint density at radius 3 is 2.80 bits per heavy atom. The van der Waals surface area contributed by atoms with E-state index in [1.54, 1.807) is 30.9 Å². The molecular formula is C14H15ClN2O3. The zero-order valence-corrected chi connectivity index (χ0v) is 12.0. The molecule has 20 heavy (non-hydrogen) atoms. The average molecular weight is 295 g/mol. The number of rotatable bonds is 1. The number of carbonyl (C=O) groups is 2. The van der Waals surface area contributed by atoms with E-state index in [0.717, 1.165) is 11.3 Å². The lowest BCUT2D eigenvalue weighted by Crippen LogP contribution is -2.64. The van der Waals surface area contributed by atoms with E-state index < -0.39 is 5.41 Å². The quantitative estimate of drug-likeness (QED) is 0.865. The fourth-order valence-electron chi connectivity index (χ4n) is 2.73. The predicted octanol–water partition coefficient (Wildman–Crippen LogP) is 2.39. The largest absolute Gasteiger partial charge is 0.447 e. The Morgan fingerprint density at radius 1 is 1.45 bits per heavy atom. The van der Waals surface area contributed by atoms with Crippen molar-refractivity contribution in [2.75, 3.05) is 18.4 Å². The average Bonchev–Trinajstić information content (AvgIpc) is 2.56. The summed E-state index contributed by atoms with van der Waals surface area (Å²) in [6.45, 7) is 4.29. The first kappa shape index (κ1) is 13.2. The second-order valence-corrected chi connectivity index (χ2v) is 5.95. The van der Waals surface area contributed by atoms with Gasteiger partial charge in [0.05, 0.1) is 6.10 Å². The fraction of sp³-hybridized carbons (Fsp3) is 0.429. The highest BCUT2D eigenvalue weighted by molar-refractivity contribution is 6.31. The number of nitrogens with zero attached hydrogens (tertiary/aromatic N) is 1. The molecule has 2 aliphatic heterocycles. The van der Waals surface area contributed by atoms with Crippen LogP contribution in [-0.2, 0) is 14.9 Å². The third-order valence-electron chi connectivity index (χ3n) is 3.70. The third kappa shape index (κ3) is 1.85. The molecule has 1 aromatic carbocycles. The first-order chi connectivity index (χ1) is 9.42. The molecular weight excluding hydrogens is 280 g/mol. The van der Waals surface area contributed by atoms with Crippen LogP contribution in [0.1, 0.15) is 19.4 Å². The first-order valence-electron chi connectivity index (χ1n) is 6.49. The van der Waals surface area contributed by atoms with Crippen molar-refractivity contribution < 1.29 is 14.3 Å². The number of ether oxygens (including phenoxy) is 1. The monoisotopic (exact) mass is 294 g/mol. The minimum atomic E-state index is -0.643. The van der Waals surface area contributed by atoms with E-state index in [1.165, 1.54) is 0 Å². The van der Waals surface area contributed by atoms with Gasteiger partial charge in [0.1, 0.15) is 5.41 Å². The molecule has 0 atom stereocenters. The highest BCUT2D eigenvalue weighted by Crippen LogP contribution is 2.45. The van der Waals surface area contributed by atoms with Crippen molar-refractivity contribution in [3.05, 3.63) is 28.8 Å². The molecule has 1 fully saturated rings. The number of likely N-dealkylation sites (tertiary alicyclic amines) is 1. The predicted molar refractivity (Wildman–Crippen MR) is 74.9 cm³/mol. The first-order valence-corrected chi connectivity index (χ1v) is 6.87. The van der Waals surface area contributed by atoms with Crippen molar-refractivity contribution >= 4 is 29.3 Å². The Bertz CT molecular complexity index is 594. The van der Waals surface area contributed by atoms with Crippen molar-refractivity contribution in [2.45, 2.75) is 25.4 Å². The number of fused-ring (bicyclic) bond motifs is 2. The number of hydrogen-bond donors (Lipinski definition) is 1. The Hall–Kier alpha value is -1.75. The number of halogens is 1. The van der Waals surface area contributed by atoms with Gasteiger partial charge in [-0.2, -0.15) is 0 Å². The molecule has 0 bridgehead atoms. The van der Waals surface area contributed by atoms with Gasteiger partial charge in [-0.15, -0.1) is 0 Å². The Kier molecular flexibility index (Phi) is 2.90. The van der Waals surface area contributed by atoms with Crippen LogP contribution in [0.15, 0.2) is 18.2 Å². The van der Waals surface area contributed by atoms with Gasteiger partial charge in [0.2, 0.25) is 5.91 Å². The number of anilines is 1. The van der Waals surface area contributed by atoms with Crippen LogP contribution in [0.3, 0.4) is 0 Å². The standard InChI is InChI=1S/C14H15ClN2O3/c1-8(2)20-13(19)17-6-14(7-17)10-4-3-9(15)5-11(10)16-12(14)18/h3-5,8H,6-7H2,1-2H3,(H,16,18). The molecule has 1 N–H and O–H groups in total. The fourth-order valence-corrected chi connectivity index (χ4v) is 2.90. The number of benzene rings is 1. The normalized spacial score (nSPS) is 18.8. The van der Waals surface area contributed by atoms with E-state index in [2.05, 4.69) is 5.32 Å². The van der Waals surface area contributed by atoms with Crippen molar-refractivity contribution in [1.29, 1.82) is 0 Å². The number of carbonyl (C=O) groups excluding carboxylic acids is 2. The van der Waals surface area contributed by atoms with Gasteiger partial charge in [0, 0.05) is 23.8 Å². The van der Waals surface area contributed by atoms with Gasteiger partial charge in [0.25, 0.3) is 0 Å². The Morgan fingerprint density at radius 2 is 2.15 bits per heavy atom. The molecule has 0 saturated carbocycles. The maximum Gasteiger partial charge on any atom is 0.410 e. The van der Waals surface area contributed by atoms with E-state index in [-0.39, 0.29) is 18.1 Å². The van der Waals surface area contributed by atoms with Crippen LogP contribution >= 0.6 is 11.6 Å². The van der Waals surface area contributed by atoms with Gasteiger partial charge in [0.15, 0.2) is 0 Å². The van der Waals surface area contributed by atoms with E-state index >= 15 is 0 Å². The van der Waals surface area contributed by atoms with Crippen LogP contribution in [0.2, 0.25) is 5.02 Å². The minimum absolute atomic E-state index is 0.0802. The van der Waals surface area contributed by atoms with E-state index in [1.807, 2.05) is 6.07 Å². The maximum atomic E-state index is 12.2. The second kappa shape index (κ2) is 4.38. The molecule has 6 heteroatoms. The van der Waals surface area contributed by atoms with Crippen LogP contribution in [0, 0.1) is 0 Å². The Balaban J connectivity index is 1.80. The molecule has 0 aromatic heterocycles. The Labute approximate surface area is 121 Å². The molecule has 106 valence electrons. The van der Waals surface area contributed by atoms with Gasteiger partial charge < -0.3 is 15.0 Å². The second-order valence-electron chi connectivity index (χ2n) is 5.51. The number of hydrogen-bond acceptors (Lipinski definition) is 3. The summed E-state index contributed by atoms with van der Waals surface area (Å²) in [5, 5.41) is 3.41.